The molecule has 1 rings (SSSR count). The zero-order valence-corrected chi connectivity index (χ0v) is 11.5. The molecule has 1 aromatic rings. The van der Waals surface area contributed by atoms with Crippen LogP contribution >= 0.6 is 0 Å². The Bertz CT molecular complexity index is 495. The number of hydrogen-bond acceptors (Lipinski definition) is 4. The summed E-state index contributed by atoms with van der Waals surface area (Å²) in [5, 5.41) is 2.85. The van der Waals surface area contributed by atoms with Crippen LogP contribution in [-0.4, -0.2) is 34.9 Å². The van der Waals surface area contributed by atoms with Crippen molar-refractivity contribution in [3.8, 4) is 5.75 Å². The van der Waals surface area contributed by atoms with Gasteiger partial charge in [0.1, 0.15) is 5.75 Å². The molecular weight excluding hydrogens is 238 g/mol. The van der Waals surface area contributed by atoms with Crippen LogP contribution in [0.4, 0.5) is 0 Å². The Morgan fingerprint density at radius 1 is 1.24 bits per heavy atom. The van der Waals surface area contributed by atoms with Crippen LogP contribution in [0.2, 0.25) is 0 Å². The van der Waals surface area contributed by atoms with Gasteiger partial charge in [0.15, 0.2) is 9.84 Å². The average Bonchev–Trinajstić information content (AvgIpc) is 2.29. The number of rotatable bonds is 5. The summed E-state index contributed by atoms with van der Waals surface area (Å²) < 4.78 is 29.3. The third kappa shape index (κ3) is 2.98. The number of hydrogen-bond donors (Lipinski definition) is 1. The van der Waals surface area contributed by atoms with Crippen LogP contribution in [0.25, 0.3) is 0 Å². The third-order valence-corrected chi connectivity index (χ3v) is 4.72. The SMILES string of the molecule is CNCCS(=O)(=O)c1ccc(OC)c(C)c1C. The van der Waals surface area contributed by atoms with E-state index in [1.165, 1.54) is 0 Å². The van der Waals surface area contributed by atoms with Crippen molar-refractivity contribution in [2.24, 2.45) is 0 Å². The molecule has 0 spiro atoms. The molecule has 0 radical (unpaired) electrons. The van der Waals surface area contributed by atoms with Crippen LogP contribution in [-0.2, 0) is 9.84 Å². The molecule has 96 valence electrons. The Hall–Kier alpha value is -1.07. The zero-order valence-electron chi connectivity index (χ0n) is 10.7. The largest absolute Gasteiger partial charge is 0.496 e. The first-order valence-electron chi connectivity index (χ1n) is 5.45. The quantitative estimate of drug-likeness (QED) is 0.864. The molecule has 0 bridgehead atoms. The maximum Gasteiger partial charge on any atom is 0.179 e. The molecule has 0 aliphatic carbocycles. The molecule has 0 atom stereocenters. The van der Waals surface area contributed by atoms with Crippen molar-refractivity contribution < 1.29 is 13.2 Å². The highest BCUT2D eigenvalue weighted by Crippen LogP contribution is 2.27. The Morgan fingerprint density at radius 2 is 1.88 bits per heavy atom. The van der Waals surface area contributed by atoms with Gasteiger partial charge < -0.3 is 10.1 Å². The minimum absolute atomic E-state index is 0.107. The van der Waals surface area contributed by atoms with E-state index < -0.39 is 9.84 Å². The fourth-order valence-electron chi connectivity index (χ4n) is 1.68. The molecular formula is C12H19NO3S. The number of sulfone groups is 1. The molecule has 0 fully saturated rings. The molecule has 0 aliphatic rings. The predicted molar refractivity (Wildman–Crippen MR) is 68.4 cm³/mol. The molecule has 0 unspecified atom stereocenters. The van der Waals surface area contributed by atoms with E-state index in [1.807, 2.05) is 13.8 Å². The van der Waals surface area contributed by atoms with Gasteiger partial charge in [-0.05, 0) is 44.2 Å². The lowest BCUT2D eigenvalue weighted by Gasteiger charge is -2.12. The first kappa shape index (κ1) is 14.0. The van der Waals surface area contributed by atoms with Gasteiger partial charge in [0, 0.05) is 6.54 Å². The van der Waals surface area contributed by atoms with E-state index >= 15 is 0 Å². The van der Waals surface area contributed by atoms with Crippen molar-refractivity contribution in [1.29, 1.82) is 0 Å². The smallest absolute Gasteiger partial charge is 0.179 e. The molecule has 1 N–H and O–H groups in total. The standard InChI is InChI=1S/C12H19NO3S/c1-9-10(2)12(6-5-11(9)16-4)17(14,15)8-7-13-3/h5-6,13H,7-8H2,1-4H3. The van der Waals surface area contributed by atoms with Crippen molar-refractivity contribution >= 4 is 9.84 Å². The highest BCUT2D eigenvalue weighted by molar-refractivity contribution is 7.91. The Labute approximate surface area is 103 Å². The van der Waals surface area contributed by atoms with Crippen LogP contribution in [0.5, 0.6) is 5.75 Å². The second kappa shape index (κ2) is 5.51. The molecule has 1 aromatic carbocycles. The zero-order chi connectivity index (χ0) is 13.1. The Morgan fingerprint density at radius 3 is 2.41 bits per heavy atom. The van der Waals surface area contributed by atoms with Crippen molar-refractivity contribution in [2.45, 2.75) is 18.7 Å². The Kier molecular flexibility index (Phi) is 4.54. The molecule has 4 nitrogen and oxygen atoms in total. The van der Waals surface area contributed by atoms with Gasteiger partial charge in [-0.15, -0.1) is 0 Å². The van der Waals surface area contributed by atoms with E-state index in [-0.39, 0.29) is 5.75 Å². The predicted octanol–water partition coefficient (Wildman–Crippen LogP) is 1.31. The first-order valence-corrected chi connectivity index (χ1v) is 7.11. The summed E-state index contributed by atoms with van der Waals surface area (Å²) in [4.78, 5) is 0.394. The fraction of sp³-hybridized carbons (Fsp3) is 0.500. The van der Waals surface area contributed by atoms with Crippen LogP contribution in [0.1, 0.15) is 11.1 Å². The summed E-state index contributed by atoms with van der Waals surface area (Å²) >= 11 is 0. The maximum absolute atomic E-state index is 12.1. The summed E-state index contributed by atoms with van der Waals surface area (Å²) in [6.45, 7) is 4.13. The van der Waals surface area contributed by atoms with E-state index in [4.69, 9.17) is 4.74 Å². The van der Waals surface area contributed by atoms with Gasteiger partial charge in [-0.25, -0.2) is 8.42 Å². The van der Waals surface area contributed by atoms with E-state index in [0.29, 0.717) is 11.4 Å². The van der Waals surface area contributed by atoms with Gasteiger partial charge in [-0.1, -0.05) is 0 Å². The molecule has 0 saturated heterocycles. The number of ether oxygens (including phenoxy) is 1. The lowest BCUT2D eigenvalue weighted by molar-refractivity contribution is 0.410. The molecule has 0 aliphatic heterocycles. The van der Waals surface area contributed by atoms with Crippen molar-refractivity contribution in [3.63, 3.8) is 0 Å². The average molecular weight is 257 g/mol. The van der Waals surface area contributed by atoms with Crippen LogP contribution in [0.15, 0.2) is 17.0 Å². The number of benzene rings is 1. The first-order chi connectivity index (χ1) is 7.94. The van der Waals surface area contributed by atoms with Gasteiger partial charge >= 0.3 is 0 Å². The minimum Gasteiger partial charge on any atom is -0.496 e. The molecule has 0 amide bonds. The topological polar surface area (TPSA) is 55.4 Å². The second-order valence-corrected chi connectivity index (χ2v) is 6.02. The number of nitrogens with one attached hydrogen (secondary N) is 1. The van der Waals surface area contributed by atoms with Crippen molar-refractivity contribution in [1.82, 2.24) is 5.32 Å². The minimum atomic E-state index is -3.22. The third-order valence-electron chi connectivity index (χ3n) is 2.86. The summed E-state index contributed by atoms with van der Waals surface area (Å²) in [6.07, 6.45) is 0. The fourth-order valence-corrected chi connectivity index (χ4v) is 3.26. The van der Waals surface area contributed by atoms with Gasteiger partial charge in [-0.3, -0.25) is 0 Å². The van der Waals surface area contributed by atoms with E-state index in [0.717, 1.165) is 16.9 Å². The van der Waals surface area contributed by atoms with Gasteiger partial charge in [0.2, 0.25) is 0 Å². The van der Waals surface area contributed by atoms with Crippen molar-refractivity contribution in [2.75, 3.05) is 26.5 Å². The summed E-state index contributed by atoms with van der Waals surface area (Å²) in [7, 11) is 0.0994. The van der Waals surface area contributed by atoms with E-state index in [1.54, 1.807) is 26.3 Å². The molecule has 17 heavy (non-hydrogen) atoms. The lowest BCUT2D eigenvalue weighted by Crippen LogP contribution is -2.20. The molecule has 0 aromatic heterocycles. The van der Waals surface area contributed by atoms with Crippen LogP contribution in [0.3, 0.4) is 0 Å². The molecule has 0 heterocycles. The van der Waals surface area contributed by atoms with E-state index in [2.05, 4.69) is 5.32 Å². The Balaban J connectivity index is 3.20. The van der Waals surface area contributed by atoms with Gasteiger partial charge in [0.25, 0.3) is 0 Å². The molecule has 5 heteroatoms. The normalized spacial score (nSPS) is 11.5. The van der Waals surface area contributed by atoms with Gasteiger partial charge in [-0.2, -0.15) is 0 Å². The number of methoxy groups -OCH3 is 1. The summed E-state index contributed by atoms with van der Waals surface area (Å²) in [5.41, 5.74) is 1.64. The lowest BCUT2D eigenvalue weighted by atomic mass is 10.1. The highest BCUT2D eigenvalue weighted by Gasteiger charge is 2.18. The second-order valence-electron chi connectivity index (χ2n) is 3.94. The van der Waals surface area contributed by atoms with E-state index in [9.17, 15) is 8.42 Å². The monoisotopic (exact) mass is 257 g/mol. The maximum atomic E-state index is 12.1. The van der Waals surface area contributed by atoms with Crippen LogP contribution < -0.4 is 10.1 Å². The van der Waals surface area contributed by atoms with Crippen molar-refractivity contribution in [3.05, 3.63) is 23.3 Å². The van der Waals surface area contributed by atoms with Crippen LogP contribution in [0, 0.1) is 13.8 Å². The summed E-state index contributed by atoms with van der Waals surface area (Å²) in [6, 6.07) is 3.32. The highest BCUT2D eigenvalue weighted by atomic mass is 32.2. The molecule has 0 saturated carbocycles. The summed E-state index contributed by atoms with van der Waals surface area (Å²) in [5.74, 6) is 0.825. The van der Waals surface area contributed by atoms with Gasteiger partial charge in [0.05, 0.1) is 17.8 Å².